The summed E-state index contributed by atoms with van der Waals surface area (Å²) in [6, 6.07) is 15.0. The summed E-state index contributed by atoms with van der Waals surface area (Å²) in [5, 5.41) is 3.67. The molecule has 0 bridgehead atoms. The molecule has 0 amide bonds. The molecule has 2 heterocycles. The molecule has 2 aromatic carbocycles. The molecule has 1 aromatic heterocycles. The number of hydrogen-bond donors (Lipinski definition) is 1. The van der Waals surface area contributed by atoms with Crippen LogP contribution in [0.4, 0.5) is 10.1 Å². The normalized spacial score (nSPS) is 17.5. The molecule has 4 rings (SSSR count). The van der Waals surface area contributed by atoms with Gasteiger partial charge in [-0.1, -0.05) is 30.3 Å². The number of hydrogen-bond acceptors (Lipinski definition) is 5. The maximum Gasteiger partial charge on any atom is 0.182 e. The Hall–Kier alpha value is -2.83. The minimum Gasteiger partial charge on any atom is -0.367 e. The van der Waals surface area contributed by atoms with Crippen LogP contribution in [0, 0.1) is 5.82 Å². The zero-order valence-corrected chi connectivity index (χ0v) is 16.2. The van der Waals surface area contributed by atoms with E-state index in [2.05, 4.69) is 0 Å². The minimum atomic E-state index is -0.739. The summed E-state index contributed by atoms with van der Waals surface area (Å²) in [5.41, 5.74) is 9.73. The number of anilines is 1. The van der Waals surface area contributed by atoms with Crippen molar-refractivity contribution in [3.05, 3.63) is 87.9 Å². The zero-order chi connectivity index (χ0) is 19.7. The molecule has 142 valence electrons. The first kappa shape index (κ1) is 18.5. The fourth-order valence-corrected chi connectivity index (χ4v) is 4.21. The highest BCUT2D eigenvalue weighted by molar-refractivity contribution is 7.08. The fourth-order valence-electron chi connectivity index (χ4n) is 3.56. The molecule has 0 radical (unpaired) electrons. The molecule has 3 aromatic rings. The van der Waals surface area contributed by atoms with E-state index in [0.717, 1.165) is 11.3 Å². The predicted molar refractivity (Wildman–Crippen MR) is 112 cm³/mol. The number of benzene rings is 2. The molecule has 0 fully saturated rings. The summed E-state index contributed by atoms with van der Waals surface area (Å²) in [7, 11) is 1.91. The summed E-state index contributed by atoms with van der Waals surface area (Å²) in [6.45, 7) is 0.298. The lowest BCUT2D eigenvalue weighted by atomic mass is 9.98. The number of Topliss-reactive ketones (excluding diaryl/α,β-unsaturated/α-hetero) is 1. The van der Waals surface area contributed by atoms with Crippen LogP contribution < -0.4 is 10.6 Å². The van der Waals surface area contributed by atoms with Gasteiger partial charge in [0.05, 0.1) is 24.3 Å². The zero-order valence-electron chi connectivity index (χ0n) is 15.4. The maximum absolute atomic E-state index is 14.5. The Morgan fingerprint density at radius 2 is 1.89 bits per heavy atom. The van der Waals surface area contributed by atoms with Crippen LogP contribution in [0.5, 0.6) is 0 Å². The van der Waals surface area contributed by atoms with Gasteiger partial charge in [0.2, 0.25) is 0 Å². The molecule has 0 aliphatic carbocycles. The number of halogens is 1. The van der Waals surface area contributed by atoms with Gasteiger partial charge in [-0.05, 0) is 29.6 Å². The van der Waals surface area contributed by atoms with Crippen LogP contribution in [0.25, 0.3) is 0 Å². The first-order chi connectivity index (χ1) is 13.6. The lowest BCUT2D eigenvalue weighted by Gasteiger charge is -2.32. The van der Waals surface area contributed by atoms with E-state index in [1.165, 1.54) is 17.4 Å². The van der Waals surface area contributed by atoms with Crippen molar-refractivity contribution in [1.29, 1.82) is 0 Å². The molecule has 2 atom stereocenters. The largest absolute Gasteiger partial charge is 0.367 e. The number of carbonyl (C=O) groups is 1. The number of nitrogens with two attached hydrogens (primary N) is 1. The number of rotatable bonds is 4. The molecule has 2 unspecified atom stereocenters. The number of aliphatic imine (C=N–C) groups is 1. The third-order valence-electron chi connectivity index (χ3n) is 5.13. The van der Waals surface area contributed by atoms with E-state index >= 15 is 0 Å². The Balaban J connectivity index is 1.78. The average Bonchev–Trinajstić information content (AvgIpc) is 3.21. The van der Waals surface area contributed by atoms with Crippen LogP contribution in [0.3, 0.4) is 0 Å². The summed E-state index contributed by atoms with van der Waals surface area (Å²) in [5.74, 6) is -0.434. The van der Waals surface area contributed by atoms with Crippen LogP contribution in [-0.4, -0.2) is 37.2 Å². The van der Waals surface area contributed by atoms with Crippen molar-refractivity contribution in [2.45, 2.75) is 12.1 Å². The molecule has 6 heteroatoms. The number of nitrogens with zero attached hydrogens (tertiary/aromatic N) is 2. The number of carbonyl (C=O) groups excluding carboxylic acids is 1. The molecule has 2 N–H and O–H groups in total. The number of likely N-dealkylation sites (N-methyl/N-ethyl adjacent to an activating group) is 1. The van der Waals surface area contributed by atoms with E-state index < -0.39 is 6.04 Å². The monoisotopic (exact) mass is 393 g/mol. The molecule has 1 aliphatic heterocycles. The average molecular weight is 393 g/mol. The van der Waals surface area contributed by atoms with Gasteiger partial charge in [-0.3, -0.25) is 9.79 Å². The first-order valence-electron chi connectivity index (χ1n) is 9.01. The van der Waals surface area contributed by atoms with Crippen molar-refractivity contribution in [1.82, 2.24) is 0 Å². The molecule has 1 aliphatic rings. The summed E-state index contributed by atoms with van der Waals surface area (Å²) < 4.78 is 14.5. The first-order valence-corrected chi connectivity index (χ1v) is 9.96. The summed E-state index contributed by atoms with van der Waals surface area (Å²) >= 11 is 1.47. The molecule has 0 saturated carbocycles. The predicted octanol–water partition coefficient (Wildman–Crippen LogP) is 3.75. The third-order valence-corrected chi connectivity index (χ3v) is 5.81. The molecular weight excluding hydrogens is 373 g/mol. The van der Waals surface area contributed by atoms with Gasteiger partial charge in [-0.25, -0.2) is 4.39 Å². The van der Waals surface area contributed by atoms with Crippen molar-refractivity contribution >= 4 is 28.5 Å². The summed E-state index contributed by atoms with van der Waals surface area (Å²) in [4.78, 5) is 19.5. The van der Waals surface area contributed by atoms with Crippen molar-refractivity contribution in [2.75, 3.05) is 18.5 Å². The Morgan fingerprint density at radius 1 is 1.18 bits per heavy atom. The Kier molecular flexibility index (Phi) is 5.07. The Labute approximate surface area is 167 Å². The highest BCUT2D eigenvalue weighted by Crippen LogP contribution is 2.29. The number of benzodiazepines with no additional fused rings is 1. The van der Waals surface area contributed by atoms with Gasteiger partial charge in [0.15, 0.2) is 5.78 Å². The standard InChI is InChI=1S/C22H20FN3OS/c1-26-18-9-5-3-7-16(18)21(15-6-2-4-8-17(15)23)25-12-19(26)20(24)22(27)14-10-11-28-13-14/h2-11,13,19-20H,12,24H2,1H3. The van der Waals surface area contributed by atoms with Crippen LogP contribution in [-0.2, 0) is 0 Å². The smallest absolute Gasteiger partial charge is 0.182 e. The van der Waals surface area contributed by atoms with E-state index in [-0.39, 0.29) is 17.6 Å². The lowest BCUT2D eigenvalue weighted by molar-refractivity contribution is 0.0950. The van der Waals surface area contributed by atoms with Gasteiger partial charge in [0, 0.05) is 34.8 Å². The third kappa shape index (κ3) is 3.25. The van der Waals surface area contributed by atoms with Gasteiger partial charge >= 0.3 is 0 Å². The van der Waals surface area contributed by atoms with Crippen LogP contribution in [0.1, 0.15) is 21.5 Å². The topological polar surface area (TPSA) is 58.7 Å². The van der Waals surface area contributed by atoms with Gasteiger partial charge in [0.25, 0.3) is 0 Å². The SMILES string of the molecule is CN1c2ccccc2C(c2ccccc2F)=NCC1C(N)C(=O)c1ccsc1. The minimum absolute atomic E-state index is 0.111. The van der Waals surface area contributed by atoms with Crippen molar-refractivity contribution in [2.24, 2.45) is 10.7 Å². The van der Waals surface area contributed by atoms with Gasteiger partial charge in [-0.2, -0.15) is 11.3 Å². The summed E-state index contributed by atoms with van der Waals surface area (Å²) in [6.07, 6.45) is 0. The second-order valence-electron chi connectivity index (χ2n) is 6.77. The number of thiophene rings is 1. The maximum atomic E-state index is 14.5. The van der Waals surface area contributed by atoms with E-state index in [1.807, 2.05) is 41.6 Å². The fraction of sp³-hybridized carbons (Fsp3) is 0.182. The van der Waals surface area contributed by atoms with Gasteiger partial charge in [0.1, 0.15) is 5.82 Å². The molecule has 0 saturated heterocycles. The quantitative estimate of drug-likeness (QED) is 0.687. The second kappa shape index (κ2) is 7.66. The Bertz CT molecular complexity index is 1030. The van der Waals surface area contributed by atoms with Crippen molar-refractivity contribution in [3.8, 4) is 0 Å². The molecule has 4 nitrogen and oxygen atoms in total. The van der Waals surface area contributed by atoms with Gasteiger partial charge in [-0.15, -0.1) is 0 Å². The van der Waals surface area contributed by atoms with Crippen molar-refractivity contribution in [3.63, 3.8) is 0 Å². The van der Waals surface area contributed by atoms with E-state index in [9.17, 15) is 9.18 Å². The van der Waals surface area contributed by atoms with Crippen LogP contribution >= 0.6 is 11.3 Å². The molecule has 0 spiro atoms. The van der Waals surface area contributed by atoms with Gasteiger partial charge < -0.3 is 10.6 Å². The second-order valence-corrected chi connectivity index (χ2v) is 7.55. The number of para-hydroxylation sites is 1. The highest BCUT2D eigenvalue weighted by atomic mass is 32.1. The van der Waals surface area contributed by atoms with Crippen LogP contribution in [0.15, 0.2) is 70.3 Å². The molecular formula is C22H20FN3OS. The Morgan fingerprint density at radius 3 is 2.61 bits per heavy atom. The van der Waals surface area contributed by atoms with Crippen LogP contribution in [0.2, 0.25) is 0 Å². The highest BCUT2D eigenvalue weighted by Gasteiger charge is 2.33. The molecule has 28 heavy (non-hydrogen) atoms. The van der Waals surface area contributed by atoms with E-state index in [4.69, 9.17) is 10.7 Å². The lowest BCUT2D eigenvalue weighted by Crippen LogP contribution is -2.52. The number of fused-ring (bicyclic) bond motifs is 1. The van der Waals surface area contributed by atoms with Crippen molar-refractivity contribution < 1.29 is 9.18 Å². The van der Waals surface area contributed by atoms with E-state index in [0.29, 0.717) is 23.4 Å². The number of ketones is 1. The van der Waals surface area contributed by atoms with E-state index in [1.54, 1.807) is 29.6 Å².